The van der Waals surface area contributed by atoms with Crippen LogP contribution in [0.4, 0.5) is 13.2 Å². The Morgan fingerprint density at radius 3 is 2.71 bits per heavy atom. The molecule has 4 nitrogen and oxygen atoms in total. The first-order valence-corrected chi connectivity index (χ1v) is 7.56. The van der Waals surface area contributed by atoms with Crippen molar-refractivity contribution in [2.45, 2.75) is 18.6 Å². The average Bonchev–Trinajstić information content (AvgIpc) is 3.10. The molecule has 3 rings (SSSR count). The van der Waals surface area contributed by atoms with Crippen LogP contribution in [0.2, 0.25) is 0 Å². The first kappa shape index (κ1) is 16.6. The van der Waals surface area contributed by atoms with Crippen molar-refractivity contribution in [2.75, 3.05) is 6.61 Å². The molecule has 0 aliphatic heterocycles. The highest BCUT2D eigenvalue weighted by Crippen LogP contribution is 2.32. The summed E-state index contributed by atoms with van der Waals surface area (Å²) in [7, 11) is 1.64. The largest absolute Gasteiger partial charge is 0.416 e. The third-order valence-corrected chi connectivity index (χ3v) is 4.33. The number of alkyl halides is 3. The second-order valence-electron chi connectivity index (χ2n) is 6.00. The number of aliphatic hydroxyl groups is 1. The Balaban J connectivity index is 1.85. The lowest BCUT2D eigenvalue weighted by molar-refractivity contribution is -0.137. The molecular formula is C17H17F3N2O2. The van der Waals surface area contributed by atoms with Gasteiger partial charge >= 0.3 is 6.18 Å². The van der Waals surface area contributed by atoms with Crippen molar-refractivity contribution in [3.05, 3.63) is 47.7 Å². The molecule has 1 aliphatic rings. The summed E-state index contributed by atoms with van der Waals surface area (Å²) in [6.45, 7) is 0.0249. The van der Waals surface area contributed by atoms with E-state index in [-0.39, 0.29) is 24.5 Å². The van der Waals surface area contributed by atoms with E-state index in [9.17, 15) is 18.0 Å². The summed E-state index contributed by atoms with van der Waals surface area (Å²) in [6.07, 6.45) is -0.129. The molecule has 7 heteroatoms. The summed E-state index contributed by atoms with van der Waals surface area (Å²) in [5.41, 5.74) is 0.116. The predicted octanol–water partition coefficient (Wildman–Crippen LogP) is 2.86. The van der Waals surface area contributed by atoms with Crippen LogP contribution in [0, 0.1) is 5.92 Å². The number of aromatic nitrogens is 1. The van der Waals surface area contributed by atoms with E-state index in [4.69, 9.17) is 5.11 Å². The van der Waals surface area contributed by atoms with E-state index in [1.165, 1.54) is 12.1 Å². The summed E-state index contributed by atoms with van der Waals surface area (Å²) in [4.78, 5) is 12.4. The van der Waals surface area contributed by atoms with Crippen LogP contribution in [0.1, 0.15) is 22.5 Å². The van der Waals surface area contributed by atoms with Gasteiger partial charge in [-0.3, -0.25) is 4.79 Å². The van der Waals surface area contributed by atoms with Crippen molar-refractivity contribution in [3.63, 3.8) is 0 Å². The van der Waals surface area contributed by atoms with Crippen LogP contribution in [-0.2, 0) is 13.2 Å². The molecule has 1 aromatic carbocycles. The smallest absolute Gasteiger partial charge is 0.396 e. The molecule has 1 aromatic heterocycles. The highest BCUT2D eigenvalue weighted by molar-refractivity contribution is 5.99. The van der Waals surface area contributed by atoms with Gasteiger partial charge in [0.15, 0.2) is 0 Å². The van der Waals surface area contributed by atoms with E-state index < -0.39 is 11.7 Å². The number of nitrogens with zero attached hydrogens (tertiary/aromatic N) is 1. The topological polar surface area (TPSA) is 54.3 Å². The standard InChI is InChI=1S/C17H17F3N2O2/c1-22-14-5-3-12(17(18,19)20)7-11(14)8-15(22)16(24)21-13-4-2-10(6-13)9-23/h2-5,7-8,10,13,23H,6,9H2,1H3,(H,21,24)/t10-,13+/m0/s1. The number of benzene rings is 1. The molecule has 1 heterocycles. The summed E-state index contributed by atoms with van der Waals surface area (Å²) in [6, 6.07) is 4.70. The number of hydrogen-bond donors (Lipinski definition) is 2. The van der Waals surface area contributed by atoms with Crippen LogP contribution >= 0.6 is 0 Å². The second-order valence-corrected chi connectivity index (χ2v) is 6.00. The Labute approximate surface area is 136 Å². The van der Waals surface area contributed by atoms with E-state index in [2.05, 4.69) is 5.32 Å². The molecule has 0 spiro atoms. The average molecular weight is 338 g/mol. The Morgan fingerprint density at radius 1 is 1.33 bits per heavy atom. The summed E-state index contributed by atoms with van der Waals surface area (Å²) in [5, 5.41) is 12.3. The number of aryl methyl sites for hydroxylation is 1. The molecular weight excluding hydrogens is 321 g/mol. The zero-order valence-corrected chi connectivity index (χ0v) is 13.0. The van der Waals surface area contributed by atoms with Crippen molar-refractivity contribution in [3.8, 4) is 0 Å². The second kappa shape index (κ2) is 5.98. The number of fused-ring (bicyclic) bond motifs is 1. The first-order valence-electron chi connectivity index (χ1n) is 7.56. The minimum atomic E-state index is -4.42. The lowest BCUT2D eigenvalue weighted by atomic mass is 10.1. The zero-order valence-electron chi connectivity index (χ0n) is 13.0. The Morgan fingerprint density at radius 2 is 2.08 bits per heavy atom. The molecule has 0 fully saturated rings. The summed E-state index contributed by atoms with van der Waals surface area (Å²) >= 11 is 0. The minimum Gasteiger partial charge on any atom is -0.396 e. The van der Waals surface area contributed by atoms with Crippen molar-refractivity contribution in [1.29, 1.82) is 0 Å². The van der Waals surface area contributed by atoms with Crippen LogP contribution in [0.15, 0.2) is 36.4 Å². The SMILES string of the molecule is Cn1c(C(=O)N[C@@H]2C=C[C@H](CO)C2)cc2cc(C(F)(F)F)ccc21. The van der Waals surface area contributed by atoms with Gasteiger partial charge in [-0.2, -0.15) is 13.2 Å². The van der Waals surface area contributed by atoms with Gasteiger partial charge in [-0.15, -0.1) is 0 Å². The molecule has 2 N–H and O–H groups in total. The van der Waals surface area contributed by atoms with E-state index in [0.29, 0.717) is 23.0 Å². The van der Waals surface area contributed by atoms with Crippen LogP contribution in [0.5, 0.6) is 0 Å². The Bertz CT molecular complexity index is 808. The number of rotatable bonds is 3. The minimum absolute atomic E-state index is 0.0249. The Kier molecular flexibility index (Phi) is 4.13. The van der Waals surface area contributed by atoms with Crippen LogP contribution in [-0.4, -0.2) is 28.2 Å². The molecule has 2 aromatic rings. The van der Waals surface area contributed by atoms with E-state index >= 15 is 0 Å². The molecule has 2 atom stereocenters. The quantitative estimate of drug-likeness (QED) is 0.846. The fourth-order valence-corrected chi connectivity index (χ4v) is 3.00. The van der Waals surface area contributed by atoms with Crippen molar-refractivity contribution >= 4 is 16.8 Å². The number of aliphatic hydroxyl groups excluding tert-OH is 1. The van der Waals surface area contributed by atoms with E-state index in [1.807, 2.05) is 12.2 Å². The predicted molar refractivity (Wildman–Crippen MR) is 83.5 cm³/mol. The molecule has 0 saturated carbocycles. The van der Waals surface area contributed by atoms with Gasteiger partial charge in [0.1, 0.15) is 5.69 Å². The maximum absolute atomic E-state index is 12.8. The van der Waals surface area contributed by atoms with Gasteiger partial charge < -0.3 is 15.0 Å². The molecule has 1 aliphatic carbocycles. The van der Waals surface area contributed by atoms with Crippen molar-refractivity contribution in [1.82, 2.24) is 9.88 Å². The number of carbonyl (C=O) groups excluding carboxylic acids is 1. The van der Waals surface area contributed by atoms with Gasteiger partial charge in [-0.05, 0) is 30.7 Å². The van der Waals surface area contributed by atoms with Gasteiger partial charge in [0.05, 0.1) is 5.56 Å². The molecule has 24 heavy (non-hydrogen) atoms. The van der Waals surface area contributed by atoms with Gasteiger partial charge in [0.2, 0.25) is 0 Å². The number of nitrogens with one attached hydrogen (secondary N) is 1. The summed E-state index contributed by atoms with van der Waals surface area (Å²) < 4.78 is 40.0. The molecule has 0 unspecified atom stereocenters. The van der Waals surface area contributed by atoms with Crippen LogP contribution < -0.4 is 5.32 Å². The number of hydrogen-bond acceptors (Lipinski definition) is 2. The summed E-state index contributed by atoms with van der Waals surface area (Å²) in [5.74, 6) is -0.326. The molecule has 0 bridgehead atoms. The van der Waals surface area contributed by atoms with Crippen molar-refractivity contribution in [2.24, 2.45) is 13.0 Å². The Hall–Kier alpha value is -2.28. The third-order valence-electron chi connectivity index (χ3n) is 4.33. The van der Waals surface area contributed by atoms with E-state index in [1.54, 1.807) is 11.6 Å². The van der Waals surface area contributed by atoms with Crippen molar-refractivity contribution < 1.29 is 23.1 Å². The maximum Gasteiger partial charge on any atom is 0.416 e. The number of carbonyl (C=O) groups is 1. The number of halogens is 3. The van der Waals surface area contributed by atoms with Gasteiger partial charge in [-0.25, -0.2) is 0 Å². The highest BCUT2D eigenvalue weighted by Gasteiger charge is 2.31. The highest BCUT2D eigenvalue weighted by atomic mass is 19.4. The first-order chi connectivity index (χ1) is 11.3. The molecule has 0 radical (unpaired) electrons. The lowest BCUT2D eigenvalue weighted by Crippen LogP contribution is -2.33. The third kappa shape index (κ3) is 3.03. The molecule has 128 valence electrons. The lowest BCUT2D eigenvalue weighted by Gasteiger charge is -2.13. The maximum atomic E-state index is 12.8. The fourth-order valence-electron chi connectivity index (χ4n) is 3.00. The van der Waals surface area contributed by atoms with Gasteiger partial charge in [-0.1, -0.05) is 12.2 Å². The fraction of sp³-hybridized carbons (Fsp3) is 0.353. The van der Waals surface area contributed by atoms with Crippen LogP contribution in [0.25, 0.3) is 10.9 Å². The van der Waals surface area contributed by atoms with Crippen LogP contribution in [0.3, 0.4) is 0 Å². The number of amides is 1. The van der Waals surface area contributed by atoms with Gasteiger partial charge in [0.25, 0.3) is 5.91 Å². The normalized spacial score (nSPS) is 20.7. The monoisotopic (exact) mass is 338 g/mol. The molecule has 1 amide bonds. The molecule has 0 saturated heterocycles. The van der Waals surface area contributed by atoms with E-state index in [0.717, 1.165) is 12.1 Å². The zero-order chi connectivity index (χ0) is 17.5. The van der Waals surface area contributed by atoms with Gasteiger partial charge in [0, 0.05) is 36.5 Å².